The molecule has 1 saturated heterocycles. The zero-order valence-electron chi connectivity index (χ0n) is 12.8. The van der Waals surface area contributed by atoms with Crippen LogP contribution in [0.5, 0.6) is 0 Å². The molecule has 0 amide bonds. The first-order valence-corrected chi connectivity index (χ1v) is 8.09. The van der Waals surface area contributed by atoms with Gasteiger partial charge in [-0.2, -0.15) is 13.4 Å². The van der Waals surface area contributed by atoms with Crippen molar-refractivity contribution in [3.8, 4) is 0 Å². The van der Waals surface area contributed by atoms with Gasteiger partial charge in [0, 0.05) is 7.11 Å². The van der Waals surface area contributed by atoms with Gasteiger partial charge in [0.2, 0.25) is 5.95 Å². The highest BCUT2D eigenvalue weighted by Crippen LogP contribution is 2.27. The number of aliphatic hydroxyl groups is 4. The van der Waals surface area contributed by atoms with E-state index in [9.17, 15) is 23.4 Å². The summed E-state index contributed by atoms with van der Waals surface area (Å²) < 4.78 is 31.9. The largest absolute Gasteiger partial charge is 0.400 e. The molecular weight excluding hydrogens is 352 g/mol. The Labute approximate surface area is 136 Å². The second-order valence-corrected chi connectivity index (χ2v) is 5.83. The number of nitrogens with two attached hydrogens (primary N) is 1. The Morgan fingerprint density at radius 1 is 1.33 bits per heavy atom. The highest BCUT2D eigenvalue weighted by Gasteiger charge is 2.43. The number of aliphatic hydroxyl groups excluding tert-OH is 4. The van der Waals surface area contributed by atoms with Crippen LogP contribution in [0.3, 0.4) is 0 Å². The second kappa shape index (κ2) is 9.58. The molecule has 13 nitrogen and oxygen atoms in total. The Morgan fingerprint density at radius 3 is 2.21 bits per heavy atom. The maximum absolute atomic E-state index is 11.5. The molecule has 0 unspecified atom stereocenters. The molecule has 0 aromatic carbocycles. The number of nitrogens with zero attached hydrogens (tertiary/aromatic N) is 3. The summed E-state index contributed by atoms with van der Waals surface area (Å²) in [6, 6.07) is 0. The summed E-state index contributed by atoms with van der Waals surface area (Å²) in [4.78, 5) is 18.4. The average molecular weight is 372 g/mol. The van der Waals surface area contributed by atoms with E-state index in [1.165, 1.54) is 0 Å². The molecule has 1 aromatic heterocycles. The monoisotopic (exact) mass is 372 g/mol. The van der Waals surface area contributed by atoms with Crippen molar-refractivity contribution in [1.29, 1.82) is 0 Å². The number of aromatic nitrogens is 3. The fraction of sp³-hybridized carbons (Fsp3) is 0.700. The molecule has 0 bridgehead atoms. The van der Waals surface area contributed by atoms with E-state index in [-0.39, 0.29) is 5.95 Å². The molecule has 0 radical (unpaired) electrons. The molecule has 0 spiro atoms. The molecule has 1 aromatic rings. The Balaban J connectivity index is 0.000000650. The van der Waals surface area contributed by atoms with E-state index in [4.69, 9.17) is 25.2 Å². The number of hydrogen-bond donors (Lipinski definition) is 6. The summed E-state index contributed by atoms with van der Waals surface area (Å²) in [7, 11) is -2.67. The molecule has 7 N–H and O–H groups in total. The van der Waals surface area contributed by atoms with E-state index < -0.39 is 47.0 Å². The summed E-state index contributed by atoms with van der Waals surface area (Å²) in [5, 5.41) is 35.1. The lowest BCUT2D eigenvalue weighted by Gasteiger charge is -2.16. The smallest absolute Gasteiger partial charge is 0.354 e. The third-order valence-electron chi connectivity index (χ3n) is 2.54. The van der Waals surface area contributed by atoms with Crippen LogP contribution in [0.15, 0.2) is 11.1 Å². The summed E-state index contributed by atoms with van der Waals surface area (Å²) >= 11 is 0. The maximum Gasteiger partial charge on any atom is 0.354 e. The maximum atomic E-state index is 11.5. The van der Waals surface area contributed by atoms with Gasteiger partial charge in [-0.05, 0) is 0 Å². The summed E-state index contributed by atoms with van der Waals surface area (Å²) in [5.74, 6) is -0.196. The van der Waals surface area contributed by atoms with Crippen LogP contribution >= 0.6 is 0 Å². The van der Waals surface area contributed by atoms with E-state index in [1.807, 2.05) is 0 Å². The normalized spacial score (nSPS) is 26.0. The average Bonchev–Trinajstić information content (AvgIpc) is 2.76. The van der Waals surface area contributed by atoms with E-state index >= 15 is 0 Å². The highest BCUT2D eigenvalue weighted by molar-refractivity contribution is 7.85. The number of anilines is 1. The molecule has 140 valence electrons. The van der Waals surface area contributed by atoms with Crippen LogP contribution in [0.25, 0.3) is 0 Å². The second-order valence-electron chi connectivity index (χ2n) is 4.37. The van der Waals surface area contributed by atoms with Crippen LogP contribution in [0, 0.1) is 0 Å². The minimum atomic E-state index is -3.67. The van der Waals surface area contributed by atoms with Gasteiger partial charge in [0.1, 0.15) is 24.6 Å². The van der Waals surface area contributed by atoms with Crippen molar-refractivity contribution in [2.75, 3.05) is 25.7 Å². The molecule has 2 heterocycles. The van der Waals surface area contributed by atoms with Crippen LogP contribution in [0.2, 0.25) is 0 Å². The summed E-state index contributed by atoms with van der Waals surface area (Å²) in [6.07, 6.45) is -2.96. The Kier molecular flexibility index (Phi) is 8.91. The molecule has 24 heavy (non-hydrogen) atoms. The van der Waals surface area contributed by atoms with Gasteiger partial charge in [-0.1, -0.05) is 0 Å². The van der Waals surface area contributed by atoms with Gasteiger partial charge in [0.15, 0.2) is 6.23 Å². The van der Waals surface area contributed by atoms with Gasteiger partial charge in [-0.25, -0.2) is 9.78 Å². The van der Waals surface area contributed by atoms with Crippen LogP contribution in [0.4, 0.5) is 5.95 Å². The quantitative estimate of drug-likeness (QED) is 0.273. The van der Waals surface area contributed by atoms with Gasteiger partial charge >= 0.3 is 5.69 Å². The first-order valence-electron chi connectivity index (χ1n) is 6.25. The zero-order chi connectivity index (χ0) is 19.1. The Morgan fingerprint density at radius 2 is 1.83 bits per heavy atom. The fourth-order valence-corrected chi connectivity index (χ4v) is 1.64. The lowest BCUT2D eigenvalue weighted by Crippen LogP contribution is -2.36. The molecule has 1 fully saturated rings. The van der Waals surface area contributed by atoms with Crippen LogP contribution < -0.4 is 11.4 Å². The van der Waals surface area contributed by atoms with Gasteiger partial charge < -0.3 is 30.9 Å². The molecular formula is C10H20N4O9S. The predicted molar refractivity (Wildman–Crippen MR) is 79.3 cm³/mol. The van der Waals surface area contributed by atoms with E-state index in [0.717, 1.165) is 18.0 Å². The van der Waals surface area contributed by atoms with E-state index in [2.05, 4.69) is 9.97 Å². The Hall–Kier alpha value is -1.68. The first-order chi connectivity index (χ1) is 11.0. The minimum Gasteiger partial charge on any atom is -0.400 e. The van der Waals surface area contributed by atoms with Gasteiger partial charge in [0.25, 0.3) is 10.1 Å². The van der Waals surface area contributed by atoms with Crippen LogP contribution in [-0.2, 0) is 14.9 Å². The number of ether oxygens (including phenoxy) is 1. The van der Waals surface area contributed by atoms with Crippen LogP contribution in [-0.4, -0.2) is 86.2 Å². The third-order valence-corrected chi connectivity index (χ3v) is 2.54. The van der Waals surface area contributed by atoms with Gasteiger partial charge in [-0.15, -0.1) is 0 Å². The number of nitrogen functional groups attached to an aromatic ring is 1. The Bertz CT molecular complexity index is 657. The number of hydrogen-bond acceptors (Lipinski definition) is 11. The molecule has 0 saturated carbocycles. The van der Waals surface area contributed by atoms with Crippen molar-refractivity contribution >= 4 is 16.1 Å². The topological polar surface area (TPSA) is 218 Å². The minimum absolute atomic E-state index is 0.196. The number of rotatable bonds is 2. The molecule has 1 aliphatic rings. The molecule has 1 aliphatic heterocycles. The van der Waals surface area contributed by atoms with Crippen LogP contribution in [0.1, 0.15) is 6.23 Å². The molecule has 0 aliphatic carbocycles. The summed E-state index contributed by atoms with van der Waals surface area (Å²) in [6.45, 7) is -0.473. The SMILES string of the molecule is CO.CS(=O)(=O)O.Nc1ncn([C@@H]2O[C@H](CO)[C@@H](O)[C@H]2O)c(=O)n1. The molecule has 2 rings (SSSR count). The van der Waals surface area contributed by atoms with Crippen molar-refractivity contribution in [3.63, 3.8) is 0 Å². The first kappa shape index (κ1) is 22.3. The molecule has 14 heteroatoms. The van der Waals surface area contributed by atoms with Gasteiger partial charge in [-0.3, -0.25) is 9.12 Å². The van der Waals surface area contributed by atoms with Crippen molar-refractivity contribution in [2.24, 2.45) is 0 Å². The highest BCUT2D eigenvalue weighted by atomic mass is 32.2. The van der Waals surface area contributed by atoms with E-state index in [1.54, 1.807) is 0 Å². The van der Waals surface area contributed by atoms with Crippen molar-refractivity contribution in [1.82, 2.24) is 14.5 Å². The third kappa shape index (κ3) is 6.83. The summed E-state index contributed by atoms with van der Waals surface area (Å²) in [5.41, 5.74) is 4.46. The lowest BCUT2D eigenvalue weighted by atomic mass is 10.1. The molecule has 4 atom stereocenters. The lowest BCUT2D eigenvalue weighted by molar-refractivity contribution is -0.0554. The van der Waals surface area contributed by atoms with Crippen molar-refractivity contribution < 1.29 is 38.1 Å². The zero-order valence-corrected chi connectivity index (χ0v) is 13.6. The van der Waals surface area contributed by atoms with Crippen molar-refractivity contribution in [3.05, 3.63) is 16.8 Å². The fourth-order valence-electron chi connectivity index (χ4n) is 1.64. The van der Waals surface area contributed by atoms with Gasteiger partial charge in [0.05, 0.1) is 12.9 Å². The van der Waals surface area contributed by atoms with Crippen molar-refractivity contribution in [2.45, 2.75) is 24.5 Å². The predicted octanol–water partition coefficient (Wildman–Crippen LogP) is -4.06. The standard InChI is InChI=1S/C8H12N4O5.CH4O3S.CH4O/c9-7-10-2-12(8(16)11-7)6-5(15)4(14)3(1-13)17-6;1-5(2,3)4;1-2/h2-6,13-15H,1H2,(H2,9,11,16);1H3,(H,2,3,4);2H,1H3/t3-,4-,5-,6-;;/m1../s1. The van der Waals surface area contributed by atoms with E-state index in [0.29, 0.717) is 6.26 Å².